The first-order valence-electron chi connectivity index (χ1n) is 4.88. The summed E-state index contributed by atoms with van der Waals surface area (Å²) in [5, 5.41) is 8.52. The summed E-state index contributed by atoms with van der Waals surface area (Å²) in [5.74, 6) is -0.00991. The van der Waals surface area contributed by atoms with Gasteiger partial charge in [-0.05, 0) is 18.6 Å². The van der Waals surface area contributed by atoms with Gasteiger partial charge in [0.15, 0.2) is 5.78 Å². The molecule has 3 nitrogen and oxygen atoms in total. The van der Waals surface area contributed by atoms with Crippen LogP contribution in [0.15, 0.2) is 35.6 Å². The number of methoxy groups -OCH3 is 1. The van der Waals surface area contributed by atoms with Crippen molar-refractivity contribution in [3.63, 3.8) is 0 Å². The second kappa shape index (κ2) is 4.94. The number of ketones is 1. The van der Waals surface area contributed by atoms with Gasteiger partial charge in [0.2, 0.25) is 0 Å². The van der Waals surface area contributed by atoms with Crippen LogP contribution in [0.25, 0.3) is 0 Å². The average Bonchev–Trinajstić information content (AvgIpc) is 2.17. The first-order valence-corrected chi connectivity index (χ1v) is 4.88. The van der Waals surface area contributed by atoms with Crippen molar-refractivity contribution in [3.05, 3.63) is 35.6 Å². The van der Waals surface area contributed by atoms with Gasteiger partial charge in [0.05, 0.1) is 12.4 Å². The van der Waals surface area contributed by atoms with E-state index in [9.17, 15) is 4.79 Å². The molecule has 82 valence electrons. The molecule has 0 aromatic heterocycles. The maximum Gasteiger partial charge on any atom is 0.188 e. The number of aliphatic hydroxyl groups excluding tert-OH is 1. The van der Waals surface area contributed by atoms with Gasteiger partial charge >= 0.3 is 0 Å². The van der Waals surface area contributed by atoms with Gasteiger partial charge in [-0.2, -0.15) is 0 Å². The fraction of sp³-hybridized carbons (Fsp3) is 0.417. The molecule has 1 rings (SSSR count). The molecule has 0 heterocycles. The minimum Gasteiger partial charge on any atom is -0.515 e. The van der Waals surface area contributed by atoms with Gasteiger partial charge < -0.3 is 9.84 Å². The SMILES string of the molecule is COC1C(C)=CC(C(=O)C=CO)=C[C@H]1C. The normalized spacial score (nSPS) is 26.3. The highest BCUT2D eigenvalue weighted by Crippen LogP contribution is 2.25. The Balaban J connectivity index is 2.92. The lowest BCUT2D eigenvalue weighted by Gasteiger charge is -2.25. The molecule has 1 aliphatic rings. The van der Waals surface area contributed by atoms with Gasteiger partial charge in [0, 0.05) is 24.7 Å². The van der Waals surface area contributed by atoms with Gasteiger partial charge in [-0.3, -0.25) is 4.79 Å². The fourth-order valence-corrected chi connectivity index (χ4v) is 1.88. The van der Waals surface area contributed by atoms with Crippen molar-refractivity contribution in [2.75, 3.05) is 7.11 Å². The predicted octanol–water partition coefficient (Wildman–Crippen LogP) is 2.16. The van der Waals surface area contributed by atoms with Gasteiger partial charge in [0.25, 0.3) is 0 Å². The molecule has 15 heavy (non-hydrogen) atoms. The molecule has 0 aromatic rings. The van der Waals surface area contributed by atoms with Gasteiger partial charge in [-0.25, -0.2) is 0 Å². The Morgan fingerprint density at radius 3 is 2.73 bits per heavy atom. The number of carbonyl (C=O) groups excluding carboxylic acids is 1. The lowest BCUT2D eigenvalue weighted by atomic mass is 9.88. The molecule has 0 saturated carbocycles. The molecule has 0 bridgehead atoms. The summed E-state index contributed by atoms with van der Waals surface area (Å²) in [6, 6.07) is 0. The summed E-state index contributed by atoms with van der Waals surface area (Å²) < 4.78 is 5.31. The number of hydrogen-bond donors (Lipinski definition) is 1. The molecule has 1 aliphatic carbocycles. The van der Waals surface area contributed by atoms with Gasteiger partial charge in [-0.15, -0.1) is 0 Å². The highest BCUT2D eigenvalue weighted by Gasteiger charge is 2.22. The molecule has 0 radical (unpaired) electrons. The maximum absolute atomic E-state index is 11.5. The Morgan fingerprint density at radius 2 is 2.27 bits per heavy atom. The van der Waals surface area contributed by atoms with E-state index in [-0.39, 0.29) is 17.8 Å². The van der Waals surface area contributed by atoms with Gasteiger partial charge in [-0.1, -0.05) is 13.0 Å². The van der Waals surface area contributed by atoms with Crippen LogP contribution in [0, 0.1) is 5.92 Å². The average molecular weight is 208 g/mol. The van der Waals surface area contributed by atoms with E-state index in [1.807, 2.05) is 19.9 Å². The highest BCUT2D eigenvalue weighted by atomic mass is 16.5. The molecule has 1 unspecified atom stereocenters. The minimum absolute atomic E-state index is 0.0413. The summed E-state index contributed by atoms with van der Waals surface area (Å²) in [5.41, 5.74) is 1.64. The Labute approximate surface area is 89.7 Å². The molecule has 0 saturated heterocycles. The molecule has 0 amide bonds. The second-order valence-corrected chi connectivity index (χ2v) is 3.71. The molecule has 2 atom stereocenters. The molecule has 0 aliphatic heterocycles. The second-order valence-electron chi connectivity index (χ2n) is 3.71. The minimum atomic E-state index is -0.182. The predicted molar refractivity (Wildman–Crippen MR) is 58.6 cm³/mol. The van der Waals surface area contributed by atoms with Crippen molar-refractivity contribution in [3.8, 4) is 0 Å². The van der Waals surface area contributed by atoms with E-state index in [0.29, 0.717) is 5.57 Å². The third-order valence-electron chi connectivity index (χ3n) is 2.52. The van der Waals surface area contributed by atoms with E-state index < -0.39 is 0 Å². The van der Waals surface area contributed by atoms with Crippen LogP contribution in [0.5, 0.6) is 0 Å². The van der Waals surface area contributed by atoms with Crippen molar-refractivity contribution in [1.29, 1.82) is 0 Å². The van der Waals surface area contributed by atoms with Crippen LogP contribution in [-0.2, 0) is 9.53 Å². The molecule has 0 fully saturated rings. The van der Waals surface area contributed by atoms with Crippen LogP contribution in [0.4, 0.5) is 0 Å². The summed E-state index contributed by atoms with van der Waals surface area (Å²) in [6.45, 7) is 3.94. The Morgan fingerprint density at radius 1 is 1.60 bits per heavy atom. The molecular formula is C12H16O3. The first kappa shape index (κ1) is 11.7. The van der Waals surface area contributed by atoms with Crippen LogP contribution in [0.3, 0.4) is 0 Å². The largest absolute Gasteiger partial charge is 0.515 e. The van der Waals surface area contributed by atoms with E-state index in [1.165, 1.54) is 0 Å². The third-order valence-corrected chi connectivity index (χ3v) is 2.52. The number of rotatable bonds is 3. The first-order chi connectivity index (χ1) is 7.10. The number of aliphatic hydroxyl groups is 1. The van der Waals surface area contributed by atoms with Crippen molar-refractivity contribution in [1.82, 2.24) is 0 Å². The summed E-state index contributed by atoms with van der Waals surface area (Å²) in [4.78, 5) is 11.5. The molecule has 1 N–H and O–H groups in total. The zero-order valence-electron chi connectivity index (χ0n) is 9.23. The molecule has 3 heteroatoms. The topological polar surface area (TPSA) is 46.5 Å². The highest BCUT2D eigenvalue weighted by molar-refractivity contribution is 6.06. The Kier molecular flexibility index (Phi) is 3.86. The van der Waals surface area contributed by atoms with Crippen molar-refractivity contribution >= 4 is 5.78 Å². The van der Waals surface area contributed by atoms with Crippen LogP contribution >= 0.6 is 0 Å². The van der Waals surface area contributed by atoms with Crippen LogP contribution in [0.1, 0.15) is 13.8 Å². The van der Waals surface area contributed by atoms with Crippen molar-refractivity contribution in [2.24, 2.45) is 5.92 Å². The van der Waals surface area contributed by atoms with Crippen molar-refractivity contribution in [2.45, 2.75) is 20.0 Å². The Bertz CT molecular complexity index is 337. The summed E-state index contributed by atoms with van der Waals surface area (Å²) in [6.07, 6.45) is 5.62. The molecule has 0 aromatic carbocycles. The molecule has 0 spiro atoms. The number of ether oxygens (including phenoxy) is 1. The number of carbonyl (C=O) groups is 1. The third kappa shape index (κ3) is 2.57. The van der Waals surface area contributed by atoms with Crippen molar-refractivity contribution < 1.29 is 14.6 Å². The lowest BCUT2D eigenvalue weighted by molar-refractivity contribution is -0.111. The van der Waals surface area contributed by atoms with E-state index in [1.54, 1.807) is 13.2 Å². The monoisotopic (exact) mass is 208 g/mol. The lowest BCUT2D eigenvalue weighted by Crippen LogP contribution is -2.24. The van der Waals surface area contributed by atoms with Crippen LogP contribution in [-0.4, -0.2) is 24.1 Å². The van der Waals surface area contributed by atoms with E-state index in [0.717, 1.165) is 17.9 Å². The fourth-order valence-electron chi connectivity index (χ4n) is 1.88. The zero-order chi connectivity index (χ0) is 11.4. The quantitative estimate of drug-likeness (QED) is 0.571. The number of hydrogen-bond acceptors (Lipinski definition) is 3. The number of allylic oxidation sites excluding steroid dienone is 3. The van der Waals surface area contributed by atoms with E-state index in [2.05, 4.69) is 0 Å². The summed E-state index contributed by atoms with van der Waals surface area (Å²) >= 11 is 0. The molecular weight excluding hydrogens is 192 g/mol. The van der Waals surface area contributed by atoms with E-state index in [4.69, 9.17) is 9.84 Å². The van der Waals surface area contributed by atoms with Crippen LogP contribution < -0.4 is 0 Å². The Hall–Kier alpha value is -1.35. The standard InChI is InChI=1S/C12H16O3/c1-8-6-10(11(14)4-5-13)7-9(2)12(8)15-3/h4-8,12-13H,1-3H3/t8-,12?/m1/s1. The van der Waals surface area contributed by atoms with E-state index >= 15 is 0 Å². The van der Waals surface area contributed by atoms with Gasteiger partial charge in [0.1, 0.15) is 0 Å². The summed E-state index contributed by atoms with van der Waals surface area (Å²) in [7, 11) is 1.66. The zero-order valence-corrected chi connectivity index (χ0v) is 9.23. The smallest absolute Gasteiger partial charge is 0.188 e. The maximum atomic E-state index is 11.5. The van der Waals surface area contributed by atoms with Crippen LogP contribution in [0.2, 0.25) is 0 Å².